The van der Waals surface area contributed by atoms with Crippen molar-refractivity contribution >= 4 is 10.0 Å². The summed E-state index contributed by atoms with van der Waals surface area (Å²) in [4.78, 5) is 3.21. The van der Waals surface area contributed by atoms with E-state index < -0.39 is 22.5 Å². The van der Waals surface area contributed by atoms with Crippen LogP contribution in [0.3, 0.4) is 0 Å². The largest absolute Gasteiger partial charge is 0.435 e. The number of pyridine rings is 1. The quantitative estimate of drug-likeness (QED) is 0.807. The molecule has 0 saturated heterocycles. The van der Waals surface area contributed by atoms with E-state index in [0.717, 1.165) is 22.8 Å². The van der Waals surface area contributed by atoms with Gasteiger partial charge in [0.15, 0.2) is 0 Å². The first-order chi connectivity index (χ1) is 10.8. The van der Waals surface area contributed by atoms with Crippen molar-refractivity contribution in [3.05, 3.63) is 54.1 Å². The van der Waals surface area contributed by atoms with E-state index in [1.165, 1.54) is 25.2 Å². The second-order valence-electron chi connectivity index (χ2n) is 4.63. The van der Waals surface area contributed by atoms with Crippen LogP contribution in [0.15, 0.2) is 47.6 Å². The molecule has 0 radical (unpaired) electrons. The Labute approximate surface area is 131 Å². The standard InChI is InChI=1S/C14H13F3N2O3S/c1-19(23(20,21)13-6-11(15)7-18-8-13)9-10-3-2-4-12(5-10)22-14(16)17/h2-8,14H,9H2,1H3. The van der Waals surface area contributed by atoms with E-state index >= 15 is 0 Å². The zero-order valence-corrected chi connectivity index (χ0v) is 12.8. The molecule has 1 heterocycles. The van der Waals surface area contributed by atoms with Crippen LogP contribution >= 0.6 is 0 Å². The molecule has 2 aromatic rings. The monoisotopic (exact) mass is 346 g/mol. The summed E-state index contributed by atoms with van der Waals surface area (Å²) in [5.74, 6) is -0.845. The fourth-order valence-corrected chi connectivity index (χ4v) is 3.01. The Kier molecular flexibility index (Phi) is 5.22. The number of nitrogens with zero attached hydrogens (tertiary/aromatic N) is 2. The van der Waals surface area contributed by atoms with Crippen LogP contribution in [-0.4, -0.2) is 31.4 Å². The number of rotatable bonds is 6. The fraction of sp³-hybridized carbons (Fsp3) is 0.214. The van der Waals surface area contributed by atoms with Crippen LogP contribution in [0, 0.1) is 5.82 Å². The van der Waals surface area contributed by atoms with E-state index in [1.807, 2.05) is 0 Å². The van der Waals surface area contributed by atoms with Gasteiger partial charge in [-0.1, -0.05) is 12.1 Å². The lowest BCUT2D eigenvalue weighted by Crippen LogP contribution is -2.26. The normalized spacial score (nSPS) is 11.9. The Balaban J connectivity index is 2.19. The van der Waals surface area contributed by atoms with E-state index in [2.05, 4.69) is 9.72 Å². The van der Waals surface area contributed by atoms with Crippen LogP contribution in [0.4, 0.5) is 13.2 Å². The Morgan fingerprint density at radius 2 is 2.00 bits per heavy atom. The summed E-state index contributed by atoms with van der Waals surface area (Å²) in [5, 5.41) is 0. The Morgan fingerprint density at radius 1 is 1.26 bits per heavy atom. The summed E-state index contributed by atoms with van der Waals surface area (Å²) in [7, 11) is -2.66. The van der Waals surface area contributed by atoms with Crippen LogP contribution in [0.5, 0.6) is 5.75 Å². The van der Waals surface area contributed by atoms with E-state index in [4.69, 9.17) is 0 Å². The number of sulfonamides is 1. The topological polar surface area (TPSA) is 59.5 Å². The highest BCUT2D eigenvalue weighted by molar-refractivity contribution is 7.89. The van der Waals surface area contributed by atoms with Gasteiger partial charge < -0.3 is 4.74 Å². The molecule has 0 saturated carbocycles. The van der Waals surface area contributed by atoms with Crippen molar-refractivity contribution in [2.75, 3.05) is 7.05 Å². The maximum absolute atomic E-state index is 13.1. The SMILES string of the molecule is CN(Cc1cccc(OC(F)F)c1)S(=O)(=O)c1cncc(F)c1. The predicted octanol–water partition coefficient (Wildman–Crippen LogP) is 2.64. The van der Waals surface area contributed by atoms with Crippen molar-refractivity contribution in [3.63, 3.8) is 0 Å². The average molecular weight is 346 g/mol. The van der Waals surface area contributed by atoms with Gasteiger partial charge in [0.2, 0.25) is 10.0 Å². The van der Waals surface area contributed by atoms with E-state index in [1.54, 1.807) is 6.07 Å². The van der Waals surface area contributed by atoms with Gasteiger partial charge in [0.05, 0.1) is 6.20 Å². The zero-order chi connectivity index (χ0) is 17.0. The van der Waals surface area contributed by atoms with Crippen LogP contribution in [0.2, 0.25) is 0 Å². The Bertz CT molecular complexity index is 784. The van der Waals surface area contributed by atoms with Crippen molar-refractivity contribution in [1.82, 2.24) is 9.29 Å². The lowest BCUT2D eigenvalue weighted by Gasteiger charge is -2.17. The van der Waals surface area contributed by atoms with E-state index in [-0.39, 0.29) is 17.2 Å². The van der Waals surface area contributed by atoms with Gasteiger partial charge in [-0.25, -0.2) is 12.8 Å². The third-order valence-electron chi connectivity index (χ3n) is 2.92. The Hall–Kier alpha value is -2.13. The molecule has 0 spiro atoms. The van der Waals surface area contributed by atoms with Crippen LogP contribution in [0.25, 0.3) is 0 Å². The first-order valence-corrected chi connectivity index (χ1v) is 7.83. The molecule has 0 aliphatic rings. The van der Waals surface area contributed by atoms with Crippen molar-refractivity contribution in [2.45, 2.75) is 18.1 Å². The number of hydrogen-bond donors (Lipinski definition) is 0. The minimum atomic E-state index is -3.95. The molecular formula is C14H13F3N2O3S. The number of hydrogen-bond acceptors (Lipinski definition) is 4. The lowest BCUT2D eigenvalue weighted by molar-refractivity contribution is -0.0498. The molecule has 124 valence electrons. The van der Waals surface area contributed by atoms with Crippen molar-refractivity contribution in [3.8, 4) is 5.75 Å². The first kappa shape index (κ1) is 17.2. The number of ether oxygens (including phenoxy) is 1. The molecule has 1 aromatic carbocycles. The number of benzene rings is 1. The molecule has 0 aliphatic heterocycles. The third-order valence-corrected chi connectivity index (χ3v) is 4.69. The molecule has 0 amide bonds. The molecule has 0 bridgehead atoms. The van der Waals surface area contributed by atoms with Crippen LogP contribution in [-0.2, 0) is 16.6 Å². The molecule has 0 unspecified atom stereocenters. The molecule has 0 aliphatic carbocycles. The Morgan fingerprint density at radius 3 is 2.65 bits per heavy atom. The highest BCUT2D eigenvalue weighted by Crippen LogP contribution is 2.20. The second-order valence-corrected chi connectivity index (χ2v) is 6.67. The van der Waals surface area contributed by atoms with Gasteiger partial charge in [0.25, 0.3) is 0 Å². The number of alkyl halides is 2. The molecule has 0 fully saturated rings. The minimum absolute atomic E-state index is 0.0734. The van der Waals surface area contributed by atoms with Crippen molar-refractivity contribution < 1.29 is 26.3 Å². The van der Waals surface area contributed by atoms with Gasteiger partial charge in [-0.3, -0.25) is 4.98 Å². The van der Waals surface area contributed by atoms with Gasteiger partial charge in [-0.05, 0) is 23.8 Å². The van der Waals surface area contributed by atoms with Gasteiger partial charge in [-0.2, -0.15) is 13.1 Å². The minimum Gasteiger partial charge on any atom is -0.435 e. The van der Waals surface area contributed by atoms with Gasteiger partial charge in [0, 0.05) is 19.8 Å². The summed E-state index contributed by atoms with van der Waals surface area (Å²) in [5.41, 5.74) is 0.443. The fourth-order valence-electron chi connectivity index (χ4n) is 1.88. The number of halogens is 3. The number of aromatic nitrogens is 1. The summed E-state index contributed by atoms with van der Waals surface area (Å²) in [6.45, 7) is -3.07. The van der Waals surface area contributed by atoms with Crippen LogP contribution < -0.4 is 4.74 Å². The lowest BCUT2D eigenvalue weighted by atomic mass is 10.2. The van der Waals surface area contributed by atoms with E-state index in [0.29, 0.717) is 5.56 Å². The molecule has 5 nitrogen and oxygen atoms in total. The second kappa shape index (κ2) is 6.97. The maximum atomic E-state index is 13.1. The summed E-state index contributed by atoms with van der Waals surface area (Å²) < 4.78 is 67.4. The molecule has 0 atom stereocenters. The highest BCUT2D eigenvalue weighted by atomic mass is 32.2. The summed E-state index contributed by atoms with van der Waals surface area (Å²) >= 11 is 0. The summed E-state index contributed by atoms with van der Waals surface area (Å²) in [6, 6.07) is 6.53. The molecular weight excluding hydrogens is 333 g/mol. The van der Waals surface area contributed by atoms with Gasteiger partial charge >= 0.3 is 6.61 Å². The molecule has 1 aromatic heterocycles. The maximum Gasteiger partial charge on any atom is 0.387 e. The van der Waals surface area contributed by atoms with Gasteiger partial charge in [0.1, 0.15) is 16.5 Å². The van der Waals surface area contributed by atoms with Crippen molar-refractivity contribution in [2.24, 2.45) is 0 Å². The zero-order valence-electron chi connectivity index (χ0n) is 12.0. The molecule has 2 rings (SSSR count). The third kappa shape index (κ3) is 4.42. The smallest absolute Gasteiger partial charge is 0.387 e. The molecule has 23 heavy (non-hydrogen) atoms. The van der Waals surface area contributed by atoms with Crippen LogP contribution in [0.1, 0.15) is 5.56 Å². The van der Waals surface area contributed by atoms with Gasteiger partial charge in [-0.15, -0.1) is 0 Å². The average Bonchev–Trinajstić information content (AvgIpc) is 2.46. The predicted molar refractivity (Wildman–Crippen MR) is 75.9 cm³/mol. The van der Waals surface area contributed by atoms with Crippen molar-refractivity contribution in [1.29, 1.82) is 0 Å². The summed E-state index contributed by atoms with van der Waals surface area (Å²) in [6.07, 6.45) is 1.93. The first-order valence-electron chi connectivity index (χ1n) is 6.39. The van der Waals surface area contributed by atoms with E-state index in [9.17, 15) is 21.6 Å². The molecule has 9 heteroatoms. The molecule has 0 N–H and O–H groups in total. The highest BCUT2D eigenvalue weighted by Gasteiger charge is 2.22.